The van der Waals surface area contributed by atoms with Gasteiger partial charge in [-0.3, -0.25) is 4.79 Å². The molecule has 0 atom stereocenters. The molecule has 7 heteroatoms. The number of halogens is 2. The lowest BCUT2D eigenvalue weighted by atomic mass is 10.1. The van der Waals surface area contributed by atoms with Gasteiger partial charge in [0.1, 0.15) is 5.76 Å². The molecule has 0 radical (unpaired) electrons. The number of carbonyl (C=O) groups excluding carboxylic acids is 2. The van der Waals surface area contributed by atoms with Crippen LogP contribution in [0.5, 0.6) is 0 Å². The molecule has 24 heavy (non-hydrogen) atoms. The summed E-state index contributed by atoms with van der Waals surface area (Å²) in [4.78, 5) is 23.1. The topological polar surface area (TPSA) is 68.5 Å². The van der Waals surface area contributed by atoms with Crippen molar-refractivity contribution in [1.82, 2.24) is 5.32 Å². The molecule has 2 aromatic rings. The smallest absolute Gasteiger partial charge is 0.331 e. The molecule has 0 aliphatic rings. The molecule has 1 aromatic carbocycles. The Kier molecular flexibility index (Phi) is 7.08. The highest BCUT2D eigenvalue weighted by atomic mass is 79.9. The van der Waals surface area contributed by atoms with E-state index in [0.29, 0.717) is 28.4 Å². The van der Waals surface area contributed by atoms with Crippen molar-refractivity contribution in [3.63, 3.8) is 0 Å². The van der Waals surface area contributed by atoms with Gasteiger partial charge in [-0.1, -0.05) is 23.7 Å². The van der Waals surface area contributed by atoms with Crippen LogP contribution < -0.4 is 5.32 Å². The molecule has 126 valence electrons. The highest BCUT2D eigenvalue weighted by molar-refractivity contribution is 9.10. The summed E-state index contributed by atoms with van der Waals surface area (Å²) in [6.45, 7) is 0.125. The first-order chi connectivity index (χ1) is 11.5. The molecule has 5 nitrogen and oxygen atoms in total. The van der Waals surface area contributed by atoms with E-state index >= 15 is 0 Å². The van der Waals surface area contributed by atoms with Crippen molar-refractivity contribution in [2.24, 2.45) is 0 Å². The molecule has 2 rings (SSSR count). The molecule has 0 spiro atoms. The van der Waals surface area contributed by atoms with Gasteiger partial charge in [0.2, 0.25) is 0 Å². The monoisotopic (exact) mass is 411 g/mol. The number of rotatable bonds is 7. The number of carbonyl (C=O) groups is 2. The largest absolute Gasteiger partial charge is 0.452 e. The Bertz CT molecular complexity index is 724. The quantitative estimate of drug-likeness (QED) is 0.557. The van der Waals surface area contributed by atoms with E-state index in [-0.39, 0.29) is 12.5 Å². The molecule has 0 aliphatic heterocycles. The third kappa shape index (κ3) is 6.60. The van der Waals surface area contributed by atoms with Crippen LogP contribution in [-0.4, -0.2) is 25.0 Å². The SMILES string of the molecule is O=C(COC(=O)C=Cc1ccc(Br)o1)NCCc1ccc(Cl)cc1. The first-order valence-electron chi connectivity index (χ1n) is 7.14. The number of hydrogen-bond acceptors (Lipinski definition) is 4. The first kappa shape index (κ1) is 18.3. The fourth-order valence-electron chi connectivity index (χ4n) is 1.80. The summed E-state index contributed by atoms with van der Waals surface area (Å²) in [5.41, 5.74) is 1.06. The number of esters is 1. The predicted molar refractivity (Wildman–Crippen MR) is 94.6 cm³/mol. The molecule has 0 aliphatic carbocycles. The highest BCUT2D eigenvalue weighted by Gasteiger charge is 2.05. The summed E-state index contributed by atoms with van der Waals surface area (Å²) in [5, 5.41) is 3.35. The van der Waals surface area contributed by atoms with Gasteiger partial charge in [-0.05, 0) is 58.3 Å². The Morgan fingerprint density at radius 3 is 2.62 bits per heavy atom. The fourth-order valence-corrected chi connectivity index (χ4v) is 2.25. The van der Waals surface area contributed by atoms with E-state index in [1.54, 1.807) is 24.3 Å². The van der Waals surface area contributed by atoms with Crippen LogP contribution in [0.2, 0.25) is 5.02 Å². The van der Waals surface area contributed by atoms with Crippen molar-refractivity contribution in [3.05, 3.63) is 63.5 Å². The number of amides is 1. The second-order valence-electron chi connectivity index (χ2n) is 4.81. The Morgan fingerprint density at radius 1 is 1.21 bits per heavy atom. The number of ether oxygens (including phenoxy) is 1. The number of benzene rings is 1. The minimum atomic E-state index is -0.615. The first-order valence-corrected chi connectivity index (χ1v) is 8.31. The summed E-state index contributed by atoms with van der Waals surface area (Å²) in [6.07, 6.45) is 3.34. The summed E-state index contributed by atoms with van der Waals surface area (Å²) >= 11 is 8.96. The van der Waals surface area contributed by atoms with Crippen molar-refractivity contribution >= 4 is 45.5 Å². The molecule has 0 unspecified atom stereocenters. The summed E-state index contributed by atoms with van der Waals surface area (Å²) in [7, 11) is 0. The van der Waals surface area contributed by atoms with Crippen molar-refractivity contribution < 1.29 is 18.7 Å². The van der Waals surface area contributed by atoms with E-state index < -0.39 is 5.97 Å². The molecule has 1 heterocycles. The van der Waals surface area contributed by atoms with Crippen LogP contribution in [-0.2, 0) is 20.7 Å². The Labute approximate surface area is 152 Å². The maximum absolute atomic E-state index is 11.6. The zero-order valence-electron chi connectivity index (χ0n) is 12.6. The zero-order valence-corrected chi connectivity index (χ0v) is 15.0. The summed E-state index contributed by atoms with van der Waals surface area (Å²) in [5.74, 6) is -0.465. The number of furan rings is 1. The van der Waals surface area contributed by atoms with Gasteiger partial charge < -0.3 is 14.5 Å². The third-order valence-electron chi connectivity index (χ3n) is 2.97. The van der Waals surface area contributed by atoms with Crippen LogP contribution in [0.3, 0.4) is 0 Å². The standard InChI is InChI=1S/C17H15BrClNO4/c18-15-7-5-14(24-15)6-8-17(22)23-11-16(21)20-10-9-12-1-3-13(19)4-2-12/h1-8H,9-11H2,(H,20,21). The van der Waals surface area contributed by atoms with E-state index in [2.05, 4.69) is 21.2 Å². The minimum absolute atomic E-state index is 0.328. The Morgan fingerprint density at radius 2 is 1.96 bits per heavy atom. The van der Waals surface area contributed by atoms with Gasteiger partial charge >= 0.3 is 5.97 Å². The van der Waals surface area contributed by atoms with Gasteiger partial charge in [-0.2, -0.15) is 0 Å². The fraction of sp³-hybridized carbons (Fsp3) is 0.176. The van der Waals surface area contributed by atoms with Gasteiger partial charge in [0, 0.05) is 17.6 Å². The van der Waals surface area contributed by atoms with E-state index in [1.165, 1.54) is 12.2 Å². The molecule has 1 N–H and O–H groups in total. The van der Waals surface area contributed by atoms with Crippen LogP contribution >= 0.6 is 27.5 Å². The summed E-state index contributed by atoms with van der Waals surface area (Å²) < 4.78 is 10.6. The number of hydrogen-bond donors (Lipinski definition) is 1. The minimum Gasteiger partial charge on any atom is -0.452 e. The van der Waals surface area contributed by atoms with E-state index in [4.69, 9.17) is 20.8 Å². The van der Waals surface area contributed by atoms with Gasteiger partial charge in [-0.15, -0.1) is 0 Å². The highest BCUT2D eigenvalue weighted by Crippen LogP contribution is 2.15. The second-order valence-corrected chi connectivity index (χ2v) is 6.03. The van der Waals surface area contributed by atoms with Crippen LogP contribution in [0.25, 0.3) is 6.08 Å². The molecule has 1 aromatic heterocycles. The molecule has 0 saturated heterocycles. The van der Waals surface area contributed by atoms with Gasteiger partial charge in [0.25, 0.3) is 5.91 Å². The van der Waals surface area contributed by atoms with Gasteiger partial charge in [0.05, 0.1) is 0 Å². The lowest BCUT2D eigenvalue weighted by molar-refractivity contribution is -0.143. The normalized spacial score (nSPS) is 10.8. The zero-order chi connectivity index (χ0) is 17.4. The second kappa shape index (κ2) is 9.30. The molecule has 1 amide bonds. The lowest BCUT2D eigenvalue weighted by Gasteiger charge is -2.05. The van der Waals surface area contributed by atoms with E-state index in [0.717, 1.165) is 5.56 Å². The van der Waals surface area contributed by atoms with E-state index in [1.807, 2.05) is 12.1 Å². The number of nitrogens with one attached hydrogen (secondary N) is 1. The van der Waals surface area contributed by atoms with Crippen molar-refractivity contribution in [2.75, 3.05) is 13.2 Å². The Hall–Kier alpha value is -2.05. The average molecular weight is 413 g/mol. The molecular formula is C17H15BrClNO4. The maximum atomic E-state index is 11.6. The van der Waals surface area contributed by atoms with Crippen molar-refractivity contribution in [3.8, 4) is 0 Å². The summed E-state index contributed by atoms with van der Waals surface area (Å²) in [6, 6.07) is 10.8. The van der Waals surface area contributed by atoms with Gasteiger partial charge in [-0.25, -0.2) is 4.79 Å². The molecular weight excluding hydrogens is 398 g/mol. The van der Waals surface area contributed by atoms with Crippen molar-refractivity contribution in [2.45, 2.75) is 6.42 Å². The molecule has 0 bridgehead atoms. The molecule has 0 fully saturated rings. The van der Waals surface area contributed by atoms with Crippen LogP contribution in [0.1, 0.15) is 11.3 Å². The maximum Gasteiger partial charge on any atom is 0.331 e. The van der Waals surface area contributed by atoms with Crippen LogP contribution in [0.4, 0.5) is 0 Å². The Balaban J connectivity index is 1.64. The average Bonchev–Trinajstić information content (AvgIpc) is 2.98. The third-order valence-corrected chi connectivity index (χ3v) is 3.65. The lowest BCUT2D eigenvalue weighted by Crippen LogP contribution is -2.30. The van der Waals surface area contributed by atoms with E-state index in [9.17, 15) is 9.59 Å². The van der Waals surface area contributed by atoms with Crippen molar-refractivity contribution in [1.29, 1.82) is 0 Å². The predicted octanol–water partition coefficient (Wildman–Crippen LogP) is 3.61. The molecule has 0 saturated carbocycles. The van der Waals surface area contributed by atoms with Gasteiger partial charge in [0.15, 0.2) is 11.3 Å². The van der Waals surface area contributed by atoms with Crippen LogP contribution in [0, 0.1) is 0 Å². The van der Waals surface area contributed by atoms with Crippen LogP contribution in [0.15, 0.2) is 51.6 Å².